The molecule has 0 unspecified atom stereocenters. The Morgan fingerprint density at radius 3 is 2.63 bits per heavy atom. The van der Waals surface area contributed by atoms with Crippen LogP contribution in [-0.2, 0) is 4.74 Å². The van der Waals surface area contributed by atoms with Crippen molar-refractivity contribution in [3.05, 3.63) is 0 Å². The fourth-order valence-electron chi connectivity index (χ4n) is 2.03. The SMILES string of the molecule is CN=C(NC)N[C@H]1CCCN(C(=O)OC(C)(C)C)C1. The average Bonchev–Trinajstić information content (AvgIpc) is 2.34. The van der Waals surface area contributed by atoms with Gasteiger partial charge in [0, 0.05) is 33.2 Å². The third-order valence-electron chi connectivity index (χ3n) is 2.87. The van der Waals surface area contributed by atoms with Crippen molar-refractivity contribution in [2.75, 3.05) is 27.2 Å². The normalized spacial score (nSPS) is 21.0. The molecule has 0 spiro atoms. The highest BCUT2D eigenvalue weighted by Gasteiger charge is 2.27. The molecule has 0 aliphatic carbocycles. The van der Waals surface area contributed by atoms with E-state index in [-0.39, 0.29) is 12.1 Å². The van der Waals surface area contributed by atoms with Gasteiger partial charge in [-0.2, -0.15) is 0 Å². The molecule has 0 saturated carbocycles. The monoisotopic (exact) mass is 270 g/mol. The van der Waals surface area contributed by atoms with Gasteiger partial charge in [0.25, 0.3) is 0 Å². The molecule has 2 N–H and O–H groups in total. The molecule has 0 bridgehead atoms. The zero-order valence-electron chi connectivity index (χ0n) is 12.6. The van der Waals surface area contributed by atoms with E-state index in [1.54, 1.807) is 11.9 Å². The Hall–Kier alpha value is -1.46. The van der Waals surface area contributed by atoms with Crippen molar-refractivity contribution in [2.45, 2.75) is 45.3 Å². The van der Waals surface area contributed by atoms with Gasteiger partial charge in [-0.15, -0.1) is 0 Å². The van der Waals surface area contributed by atoms with Crippen molar-refractivity contribution in [3.63, 3.8) is 0 Å². The van der Waals surface area contributed by atoms with Crippen molar-refractivity contribution in [1.29, 1.82) is 0 Å². The number of amides is 1. The van der Waals surface area contributed by atoms with Crippen LogP contribution in [0.5, 0.6) is 0 Å². The molecule has 1 atom stereocenters. The van der Waals surface area contributed by atoms with Crippen LogP contribution in [0.3, 0.4) is 0 Å². The van der Waals surface area contributed by atoms with Crippen LogP contribution in [0.2, 0.25) is 0 Å². The van der Waals surface area contributed by atoms with Crippen LogP contribution in [0.4, 0.5) is 4.79 Å². The predicted octanol–water partition coefficient (Wildman–Crippen LogP) is 1.18. The zero-order valence-corrected chi connectivity index (χ0v) is 12.6. The van der Waals surface area contributed by atoms with Crippen molar-refractivity contribution in [2.24, 2.45) is 4.99 Å². The maximum absolute atomic E-state index is 12.0. The Bertz CT molecular complexity index is 336. The lowest BCUT2D eigenvalue weighted by Crippen LogP contribution is -2.52. The zero-order chi connectivity index (χ0) is 14.5. The lowest BCUT2D eigenvalue weighted by Gasteiger charge is -2.34. The smallest absolute Gasteiger partial charge is 0.410 e. The molecule has 1 saturated heterocycles. The first kappa shape index (κ1) is 15.6. The van der Waals surface area contributed by atoms with Crippen LogP contribution in [0.15, 0.2) is 4.99 Å². The van der Waals surface area contributed by atoms with E-state index < -0.39 is 5.60 Å². The number of guanidine groups is 1. The summed E-state index contributed by atoms with van der Waals surface area (Å²) in [6, 6.07) is 0.215. The number of hydrogen-bond donors (Lipinski definition) is 2. The molecule has 1 fully saturated rings. The van der Waals surface area contributed by atoms with Gasteiger partial charge in [-0.3, -0.25) is 4.99 Å². The fourth-order valence-corrected chi connectivity index (χ4v) is 2.03. The van der Waals surface area contributed by atoms with E-state index in [0.29, 0.717) is 6.54 Å². The quantitative estimate of drug-likeness (QED) is 0.555. The summed E-state index contributed by atoms with van der Waals surface area (Å²) in [4.78, 5) is 17.9. The maximum Gasteiger partial charge on any atom is 0.410 e. The highest BCUT2D eigenvalue weighted by atomic mass is 16.6. The van der Waals surface area contributed by atoms with Gasteiger partial charge in [-0.25, -0.2) is 4.79 Å². The number of ether oxygens (including phenoxy) is 1. The summed E-state index contributed by atoms with van der Waals surface area (Å²) in [5.41, 5.74) is -0.446. The van der Waals surface area contributed by atoms with E-state index in [4.69, 9.17) is 4.74 Å². The largest absolute Gasteiger partial charge is 0.444 e. The predicted molar refractivity (Wildman–Crippen MR) is 76.4 cm³/mol. The first-order valence-electron chi connectivity index (χ1n) is 6.74. The second kappa shape index (κ2) is 6.63. The highest BCUT2D eigenvalue weighted by molar-refractivity contribution is 5.79. The number of nitrogens with one attached hydrogen (secondary N) is 2. The third-order valence-corrected chi connectivity index (χ3v) is 2.87. The van der Waals surface area contributed by atoms with E-state index in [0.717, 1.165) is 25.3 Å². The lowest BCUT2D eigenvalue weighted by molar-refractivity contribution is 0.0194. The third kappa shape index (κ3) is 5.36. The van der Waals surface area contributed by atoms with E-state index in [2.05, 4.69) is 15.6 Å². The summed E-state index contributed by atoms with van der Waals surface area (Å²) < 4.78 is 5.40. The number of rotatable bonds is 1. The van der Waals surface area contributed by atoms with Gasteiger partial charge >= 0.3 is 6.09 Å². The summed E-state index contributed by atoms with van der Waals surface area (Å²) in [7, 11) is 3.55. The van der Waals surface area contributed by atoms with Gasteiger partial charge in [0.15, 0.2) is 5.96 Å². The van der Waals surface area contributed by atoms with Gasteiger partial charge < -0.3 is 20.3 Å². The Balaban J connectivity index is 2.52. The summed E-state index contributed by atoms with van der Waals surface area (Å²) in [5, 5.41) is 6.28. The Morgan fingerprint density at radius 1 is 1.42 bits per heavy atom. The van der Waals surface area contributed by atoms with Crippen LogP contribution >= 0.6 is 0 Å². The second-order valence-electron chi connectivity index (χ2n) is 5.73. The molecular weight excluding hydrogens is 244 g/mol. The van der Waals surface area contributed by atoms with Crippen molar-refractivity contribution < 1.29 is 9.53 Å². The summed E-state index contributed by atoms with van der Waals surface area (Å²) in [6.45, 7) is 7.05. The molecule has 1 heterocycles. The number of carbonyl (C=O) groups excluding carboxylic acids is 1. The highest BCUT2D eigenvalue weighted by Crippen LogP contribution is 2.15. The van der Waals surface area contributed by atoms with Crippen LogP contribution in [0.25, 0.3) is 0 Å². The standard InChI is InChI=1S/C13H26N4O2/c1-13(2,3)19-12(18)17-8-6-7-10(9-17)16-11(14-4)15-5/h10H,6-9H2,1-5H3,(H2,14,15,16)/t10-/m0/s1. The molecule has 110 valence electrons. The summed E-state index contributed by atoms with van der Waals surface area (Å²) >= 11 is 0. The number of piperidine rings is 1. The number of likely N-dealkylation sites (tertiary alicyclic amines) is 1. The number of aliphatic imine (C=N–C) groups is 1. The molecular formula is C13H26N4O2. The molecule has 0 aromatic carbocycles. The fraction of sp³-hybridized carbons (Fsp3) is 0.846. The van der Waals surface area contributed by atoms with Gasteiger partial charge in [0.2, 0.25) is 0 Å². The van der Waals surface area contributed by atoms with Crippen LogP contribution < -0.4 is 10.6 Å². The lowest BCUT2D eigenvalue weighted by atomic mass is 10.1. The molecule has 6 nitrogen and oxygen atoms in total. The first-order valence-corrected chi connectivity index (χ1v) is 6.74. The Labute approximate surface area is 115 Å². The number of carbonyl (C=O) groups is 1. The van der Waals surface area contributed by atoms with Crippen LogP contribution in [0, 0.1) is 0 Å². The van der Waals surface area contributed by atoms with Crippen LogP contribution in [-0.4, -0.2) is 55.8 Å². The molecule has 0 aromatic heterocycles. The molecule has 1 aliphatic heterocycles. The summed E-state index contributed by atoms with van der Waals surface area (Å²) in [5.74, 6) is 0.746. The molecule has 0 radical (unpaired) electrons. The van der Waals surface area contributed by atoms with Gasteiger partial charge in [-0.05, 0) is 33.6 Å². The van der Waals surface area contributed by atoms with Gasteiger partial charge in [0.1, 0.15) is 5.60 Å². The second-order valence-corrected chi connectivity index (χ2v) is 5.73. The van der Waals surface area contributed by atoms with Crippen molar-refractivity contribution in [1.82, 2.24) is 15.5 Å². The van der Waals surface area contributed by atoms with Crippen molar-refractivity contribution in [3.8, 4) is 0 Å². The molecule has 1 rings (SSSR count). The molecule has 0 aromatic rings. The van der Waals surface area contributed by atoms with E-state index in [1.807, 2.05) is 27.8 Å². The van der Waals surface area contributed by atoms with Gasteiger partial charge in [0.05, 0.1) is 0 Å². The Morgan fingerprint density at radius 2 is 2.11 bits per heavy atom. The van der Waals surface area contributed by atoms with Crippen molar-refractivity contribution >= 4 is 12.1 Å². The molecule has 1 aliphatic rings. The van der Waals surface area contributed by atoms with E-state index in [9.17, 15) is 4.79 Å². The topological polar surface area (TPSA) is 66.0 Å². The minimum atomic E-state index is -0.446. The average molecular weight is 270 g/mol. The first-order chi connectivity index (χ1) is 8.85. The van der Waals surface area contributed by atoms with E-state index in [1.165, 1.54) is 0 Å². The van der Waals surface area contributed by atoms with E-state index >= 15 is 0 Å². The molecule has 1 amide bonds. The van der Waals surface area contributed by atoms with Crippen LogP contribution in [0.1, 0.15) is 33.6 Å². The number of nitrogens with zero attached hydrogens (tertiary/aromatic N) is 2. The minimum Gasteiger partial charge on any atom is -0.444 e. The molecule has 19 heavy (non-hydrogen) atoms. The minimum absolute atomic E-state index is 0.215. The van der Waals surface area contributed by atoms with Gasteiger partial charge in [-0.1, -0.05) is 0 Å². The Kier molecular flexibility index (Phi) is 5.44. The number of hydrogen-bond acceptors (Lipinski definition) is 3. The summed E-state index contributed by atoms with van der Waals surface area (Å²) in [6.07, 6.45) is 1.76. The maximum atomic E-state index is 12.0. The molecule has 6 heteroatoms.